The molecule has 3 aliphatic rings. The van der Waals surface area contributed by atoms with Crippen molar-refractivity contribution in [1.82, 2.24) is 19.4 Å². The standard InChI is InChI=1S/C37H44N4O2/c1-27(43-33-13-7-4-8-14-33)36(42)39-22-19-37(20-23-39,29-11-5-3-6-12-29)21-24-40-30-17-18-31(40)26-32(25-30)41-28(2)38-34-15-9-10-16-35(34)41/h3-16,27,30-32H,17-26H2,1-2H3/t27?,30-,31+,32?. The monoisotopic (exact) mass is 576 g/mol. The Labute approximate surface area is 255 Å². The molecular weight excluding hydrogens is 532 g/mol. The van der Waals surface area contributed by atoms with E-state index in [-0.39, 0.29) is 11.3 Å². The molecule has 43 heavy (non-hydrogen) atoms. The van der Waals surface area contributed by atoms with Crippen LogP contribution in [-0.4, -0.2) is 63.1 Å². The van der Waals surface area contributed by atoms with Crippen LogP contribution in [0.3, 0.4) is 0 Å². The molecule has 2 unspecified atom stereocenters. The van der Waals surface area contributed by atoms with Gasteiger partial charge in [0, 0.05) is 31.2 Å². The topological polar surface area (TPSA) is 50.6 Å². The lowest BCUT2D eigenvalue weighted by atomic mass is 9.70. The second kappa shape index (κ2) is 11.8. The molecule has 4 aromatic rings. The third-order valence-electron chi connectivity index (χ3n) is 10.7. The summed E-state index contributed by atoms with van der Waals surface area (Å²) in [4.78, 5) is 23.1. The number of piperidine rings is 2. The number of carbonyl (C=O) groups is 1. The maximum Gasteiger partial charge on any atom is 0.263 e. The highest BCUT2D eigenvalue weighted by atomic mass is 16.5. The summed E-state index contributed by atoms with van der Waals surface area (Å²) in [5, 5.41) is 0. The van der Waals surface area contributed by atoms with Crippen LogP contribution in [0.15, 0.2) is 84.9 Å². The molecule has 2 bridgehead atoms. The molecule has 0 saturated carbocycles. The van der Waals surface area contributed by atoms with E-state index in [9.17, 15) is 4.79 Å². The van der Waals surface area contributed by atoms with Crippen LogP contribution < -0.4 is 4.74 Å². The zero-order valence-corrected chi connectivity index (χ0v) is 25.6. The first-order chi connectivity index (χ1) is 21.0. The van der Waals surface area contributed by atoms with Gasteiger partial charge in [-0.1, -0.05) is 60.7 Å². The molecule has 0 N–H and O–H groups in total. The summed E-state index contributed by atoms with van der Waals surface area (Å²) in [5.74, 6) is 1.98. The van der Waals surface area contributed by atoms with Gasteiger partial charge in [0.15, 0.2) is 6.10 Å². The Kier molecular flexibility index (Phi) is 7.72. The average molecular weight is 577 g/mol. The molecule has 0 spiro atoms. The molecule has 6 heteroatoms. The maximum atomic E-state index is 13.4. The lowest BCUT2D eigenvalue weighted by Gasteiger charge is -2.46. The number of rotatable bonds is 8. The fourth-order valence-electron chi connectivity index (χ4n) is 8.43. The molecule has 1 aromatic heterocycles. The molecule has 3 aliphatic heterocycles. The molecule has 3 fully saturated rings. The quantitative estimate of drug-likeness (QED) is 0.228. The predicted molar refractivity (Wildman–Crippen MR) is 171 cm³/mol. The second-order valence-electron chi connectivity index (χ2n) is 13.1. The Balaban J connectivity index is 1.03. The number of nitrogens with zero attached hydrogens (tertiary/aromatic N) is 4. The highest BCUT2D eigenvalue weighted by molar-refractivity contribution is 5.81. The Hall–Kier alpha value is -3.64. The molecule has 4 heterocycles. The minimum Gasteiger partial charge on any atom is -0.481 e. The van der Waals surface area contributed by atoms with Crippen LogP contribution in [0.4, 0.5) is 0 Å². The first-order valence-corrected chi connectivity index (χ1v) is 16.3. The van der Waals surface area contributed by atoms with Crippen molar-refractivity contribution in [3.05, 3.63) is 96.3 Å². The number of fused-ring (bicyclic) bond motifs is 3. The van der Waals surface area contributed by atoms with Crippen molar-refractivity contribution in [2.24, 2.45) is 0 Å². The van der Waals surface area contributed by atoms with E-state index in [2.05, 4.69) is 71.0 Å². The number of benzene rings is 3. The van der Waals surface area contributed by atoms with Crippen molar-refractivity contribution in [3.63, 3.8) is 0 Å². The highest BCUT2D eigenvalue weighted by Crippen LogP contribution is 2.45. The fourth-order valence-corrected chi connectivity index (χ4v) is 8.43. The van der Waals surface area contributed by atoms with E-state index in [1.807, 2.05) is 42.2 Å². The molecule has 1 amide bonds. The third-order valence-corrected chi connectivity index (χ3v) is 10.7. The number of aromatic nitrogens is 2. The van der Waals surface area contributed by atoms with Gasteiger partial charge in [-0.05, 0) is 101 Å². The summed E-state index contributed by atoms with van der Waals surface area (Å²) in [5.41, 5.74) is 3.92. The summed E-state index contributed by atoms with van der Waals surface area (Å²) in [6, 6.07) is 31.2. The van der Waals surface area contributed by atoms with Crippen LogP contribution in [0.1, 0.15) is 69.3 Å². The lowest BCUT2D eigenvalue weighted by molar-refractivity contribution is -0.139. The zero-order chi connectivity index (χ0) is 29.4. The van der Waals surface area contributed by atoms with Crippen molar-refractivity contribution >= 4 is 16.9 Å². The van der Waals surface area contributed by atoms with Crippen LogP contribution >= 0.6 is 0 Å². The number of hydrogen-bond acceptors (Lipinski definition) is 4. The third kappa shape index (κ3) is 5.46. The van der Waals surface area contributed by atoms with Crippen molar-refractivity contribution in [3.8, 4) is 5.75 Å². The van der Waals surface area contributed by atoms with E-state index >= 15 is 0 Å². The minimum absolute atomic E-state index is 0.0907. The molecule has 6 nitrogen and oxygen atoms in total. The first-order valence-electron chi connectivity index (χ1n) is 16.3. The summed E-state index contributed by atoms with van der Waals surface area (Å²) >= 11 is 0. The van der Waals surface area contributed by atoms with E-state index in [0.717, 1.165) is 56.0 Å². The van der Waals surface area contributed by atoms with Gasteiger partial charge in [-0.25, -0.2) is 4.98 Å². The zero-order valence-electron chi connectivity index (χ0n) is 25.6. The van der Waals surface area contributed by atoms with Crippen LogP contribution in [0.25, 0.3) is 11.0 Å². The van der Waals surface area contributed by atoms with Gasteiger partial charge >= 0.3 is 0 Å². The first kappa shape index (κ1) is 28.1. The Morgan fingerprint density at radius 3 is 2.21 bits per heavy atom. The second-order valence-corrected chi connectivity index (χ2v) is 13.1. The number of imidazole rings is 1. The number of amides is 1. The fraction of sp³-hybridized carbons (Fsp3) is 0.459. The van der Waals surface area contributed by atoms with Crippen molar-refractivity contribution in [2.45, 2.75) is 88.4 Å². The van der Waals surface area contributed by atoms with Crippen LogP contribution in [0, 0.1) is 6.92 Å². The van der Waals surface area contributed by atoms with Crippen LogP contribution in [0.2, 0.25) is 0 Å². The largest absolute Gasteiger partial charge is 0.481 e. The van der Waals surface area contributed by atoms with Crippen molar-refractivity contribution in [2.75, 3.05) is 19.6 Å². The maximum absolute atomic E-state index is 13.4. The number of carbonyl (C=O) groups excluding carboxylic acids is 1. The number of likely N-dealkylation sites (tertiary alicyclic amines) is 1. The molecule has 7 rings (SSSR count). The van der Waals surface area contributed by atoms with E-state index in [1.54, 1.807) is 0 Å². The number of para-hydroxylation sites is 3. The van der Waals surface area contributed by atoms with Gasteiger partial charge in [-0.2, -0.15) is 0 Å². The Morgan fingerprint density at radius 1 is 0.884 bits per heavy atom. The molecule has 0 radical (unpaired) electrons. The van der Waals surface area contributed by atoms with Gasteiger partial charge < -0.3 is 14.2 Å². The summed E-state index contributed by atoms with van der Waals surface area (Å²) in [6.45, 7) is 6.73. The van der Waals surface area contributed by atoms with E-state index < -0.39 is 6.10 Å². The molecule has 4 atom stereocenters. The summed E-state index contributed by atoms with van der Waals surface area (Å²) in [7, 11) is 0. The van der Waals surface area contributed by atoms with Gasteiger partial charge in [-0.3, -0.25) is 9.69 Å². The van der Waals surface area contributed by atoms with E-state index in [0.29, 0.717) is 18.1 Å². The van der Waals surface area contributed by atoms with Gasteiger partial charge in [0.1, 0.15) is 11.6 Å². The average Bonchev–Trinajstić information content (AvgIpc) is 3.51. The smallest absolute Gasteiger partial charge is 0.263 e. The number of ether oxygens (including phenoxy) is 1. The summed E-state index contributed by atoms with van der Waals surface area (Å²) in [6.07, 6.45) is 7.65. The van der Waals surface area contributed by atoms with Gasteiger partial charge in [0.2, 0.25) is 0 Å². The van der Waals surface area contributed by atoms with Crippen molar-refractivity contribution in [1.29, 1.82) is 0 Å². The van der Waals surface area contributed by atoms with Crippen molar-refractivity contribution < 1.29 is 9.53 Å². The van der Waals surface area contributed by atoms with Crippen LogP contribution in [-0.2, 0) is 10.2 Å². The predicted octanol–water partition coefficient (Wildman–Crippen LogP) is 6.93. The van der Waals surface area contributed by atoms with Gasteiger partial charge in [0.05, 0.1) is 11.0 Å². The molecule has 0 aliphatic carbocycles. The molecular formula is C37H44N4O2. The highest BCUT2D eigenvalue weighted by Gasteiger charge is 2.44. The number of hydrogen-bond donors (Lipinski definition) is 0. The summed E-state index contributed by atoms with van der Waals surface area (Å²) < 4.78 is 8.51. The molecule has 224 valence electrons. The van der Waals surface area contributed by atoms with Crippen LogP contribution in [0.5, 0.6) is 5.75 Å². The van der Waals surface area contributed by atoms with Gasteiger partial charge in [-0.15, -0.1) is 0 Å². The Bertz CT molecular complexity index is 1530. The molecule has 3 aromatic carbocycles. The Morgan fingerprint density at radius 2 is 1.51 bits per heavy atom. The SMILES string of the molecule is Cc1nc2ccccc2n1C1C[C@H]2CC[C@@H](C1)N2CCC1(c2ccccc2)CCN(C(=O)C(C)Oc2ccccc2)CC1. The van der Waals surface area contributed by atoms with E-state index in [1.165, 1.54) is 36.8 Å². The van der Waals surface area contributed by atoms with E-state index in [4.69, 9.17) is 9.72 Å². The minimum atomic E-state index is -0.486. The lowest BCUT2D eigenvalue weighted by Crippen LogP contribution is -2.51. The normalized spacial score (nSPS) is 24.2. The van der Waals surface area contributed by atoms with Gasteiger partial charge in [0.25, 0.3) is 5.91 Å². The number of aryl methyl sites for hydroxylation is 1. The molecule has 3 saturated heterocycles.